The molecule has 32 heavy (non-hydrogen) atoms. The molecule has 0 unspecified atom stereocenters. The van der Waals surface area contributed by atoms with E-state index < -0.39 is 0 Å². The fourth-order valence-electron chi connectivity index (χ4n) is 3.87. The zero-order valence-electron chi connectivity index (χ0n) is 18.3. The maximum absolute atomic E-state index is 13.2. The molecule has 0 atom stereocenters. The summed E-state index contributed by atoms with van der Waals surface area (Å²) < 4.78 is 14.8. The second-order valence-corrected chi connectivity index (χ2v) is 9.30. The molecule has 0 bridgehead atoms. The number of fused-ring (bicyclic) bond motifs is 1. The van der Waals surface area contributed by atoms with Crippen molar-refractivity contribution in [3.8, 4) is 0 Å². The highest BCUT2D eigenvalue weighted by Gasteiger charge is 2.22. The van der Waals surface area contributed by atoms with Crippen LogP contribution in [0.15, 0.2) is 58.5 Å². The predicted molar refractivity (Wildman–Crippen MR) is 127 cm³/mol. The summed E-state index contributed by atoms with van der Waals surface area (Å²) in [6, 6.07) is 13.8. The first-order chi connectivity index (χ1) is 15.4. The molecule has 1 saturated heterocycles. The van der Waals surface area contributed by atoms with Gasteiger partial charge in [-0.3, -0.25) is 14.2 Å². The van der Waals surface area contributed by atoms with Crippen molar-refractivity contribution in [3.05, 3.63) is 64.7 Å². The molecule has 2 heterocycles. The number of halogens is 1. The standard InChI is InChI=1S/C24H27FN4O2S/c1-17(2)15-29-23(31)20-5-3-4-6-21(20)26-24(29)32-16-22(30)28-13-11-27(12-14-28)19-9-7-18(25)8-10-19/h3-10,17H,11-16H2,1-2H3. The van der Waals surface area contributed by atoms with E-state index in [1.165, 1.54) is 23.9 Å². The number of carbonyl (C=O) groups excluding carboxylic acids is 1. The summed E-state index contributed by atoms with van der Waals surface area (Å²) in [5.74, 6) is 0.301. The van der Waals surface area contributed by atoms with Gasteiger partial charge in [0.1, 0.15) is 5.82 Å². The summed E-state index contributed by atoms with van der Waals surface area (Å²) in [4.78, 5) is 34.6. The van der Waals surface area contributed by atoms with Crippen LogP contribution in [0.4, 0.5) is 10.1 Å². The predicted octanol–water partition coefficient (Wildman–Crippen LogP) is 3.63. The molecular weight excluding hydrogens is 427 g/mol. The third-order valence-electron chi connectivity index (χ3n) is 5.52. The van der Waals surface area contributed by atoms with Crippen molar-refractivity contribution in [2.24, 2.45) is 5.92 Å². The number of carbonyl (C=O) groups is 1. The summed E-state index contributed by atoms with van der Waals surface area (Å²) in [7, 11) is 0. The molecule has 0 radical (unpaired) electrons. The van der Waals surface area contributed by atoms with Gasteiger partial charge in [0.2, 0.25) is 5.91 Å². The molecule has 6 nitrogen and oxygen atoms in total. The Morgan fingerprint density at radius 3 is 2.44 bits per heavy atom. The first-order valence-corrected chi connectivity index (χ1v) is 11.8. The van der Waals surface area contributed by atoms with Gasteiger partial charge in [-0.2, -0.15) is 0 Å². The van der Waals surface area contributed by atoms with E-state index in [9.17, 15) is 14.0 Å². The number of thioether (sulfide) groups is 1. The molecule has 8 heteroatoms. The lowest BCUT2D eigenvalue weighted by atomic mass is 10.2. The highest BCUT2D eigenvalue weighted by Crippen LogP contribution is 2.21. The molecular formula is C24H27FN4O2S. The first-order valence-electron chi connectivity index (χ1n) is 10.8. The lowest BCUT2D eigenvalue weighted by Crippen LogP contribution is -2.49. The van der Waals surface area contributed by atoms with Crippen LogP contribution in [0.25, 0.3) is 10.9 Å². The first kappa shape index (κ1) is 22.3. The lowest BCUT2D eigenvalue weighted by molar-refractivity contribution is -0.128. The van der Waals surface area contributed by atoms with Crippen molar-refractivity contribution < 1.29 is 9.18 Å². The molecule has 0 N–H and O–H groups in total. The number of piperazine rings is 1. The van der Waals surface area contributed by atoms with Crippen molar-refractivity contribution in [2.45, 2.75) is 25.5 Å². The van der Waals surface area contributed by atoms with Crippen LogP contribution in [0.1, 0.15) is 13.8 Å². The average Bonchev–Trinajstić information content (AvgIpc) is 2.80. The Labute approximate surface area is 191 Å². The molecule has 2 aromatic carbocycles. The number of rotatable bonds is 6. The van der Waals surface area contributed by atoms with Gasteiger partial charge in [-0.25, -0.2) is 9.37 Å². The Hall–Kier alpha value is -2.87. The fourth-order valence-corrected chi connectivity index (χ4v) is 4.78. The van der Waals surface area contributed by atoms with Crippen LogP contribution in [-0.2, 0) is 11.3 Å². The van der Waals surface area contributed by atoms with Crippen LogP contribution in [0.2, 0.25) is 0 Å². The number of amides is 1. The highest BCUT2D eigenvalue weighted by molar-refractivity contribution is 7.99. The van der Waals surface area contributed by atoms with E-state index in [2.05, 4.69) is 23.7 Å². The summed E-state index contributed by atoms with van der Waals surface area (Å²) in [6.07, 6.45) is 0. The molecule has 1 fully saturated rings. The van der Waals surface area contributed by atoms with Crippen molar-refractivity contribution in [1.82, 2.24) is 14.5 Å². The molecule has 0 aliphatic carbocycles. The number of aromatic nitrogens is 2. The molecule has 1 aliphatic rings. The summed E-state index contributed by atoms with van der Waals surface area (Å²) in [6.45, 7) is 7.30. The highest BCUT2D eigenvalue weighted by atomic mass is 32.2. The van der Waals surface area contributed by atoms with Gasteiger partial charge >= 0.3 is 0 Å². The zero-order chi connectivity index (χ0) is 22.7. The van der Waals surface area contributed by atoms with Gasteiger partial charge in [-0.05, 0) is 42.3 Å². The minimum atomic E-state index is -0.252. The number of hydrogen-bond donors (Lipinski definition) is 0. The van der Waals surface area contributed by atoms with Gasteiger partial charge in [-0.1, -0.05) is 37.7 Å². The third-order valence-corrected chi connectivity index (χ3v) is 6.48. The molecule has 1 aliphatic heterocycles. The van der Waals surface area contributed by atoms with Crippen LogP contribution in [-0.4, -0.2) is 52.3 Å². The quantitative estimate of drug-likeness (QED) is 0.421. The molecule has 3 aromatic rings. The van der Waals surface area contributed by atoms with E-state index in [0.29, 0.717) is 48.8 Å². The third kappa shape index (κ3) is 4.96. The molecule has 1 amide bonds. The minimum absolute atomic E-state index is 0.0345. The van der Waals surface area contributed by atoms with Crippen LogP contribution in [0, 0.1) is 11.7 Å². The molecule has 168 valence electrons. The SMILES string of the molecule is CC(C)Cn1c(SCC(=O)N2CCN(c3ccc(F)cc3)CC2)nc2ccccc2c1=O. The Balaban J connectivity index is 1.43. The van der Waals surface area contributed by atoms with Gasteiger partial charge in [0.25, 0.3) is 5.56 Å². The summed E-state index contributed by atoms with van der Waals surface area (Å²) in [5, 5.41) is 1.18. The number of benzene rings is 2. The Morgan fingerprint density at radius 2 is 1.75 bits per heavy atom. The van der Waals surface area contributed by atoms with E-state index in [-0.39, 0.29) is 29.0 Å². The van der Waals surface area contributed by atoms with Crippen molar-refractivity contribution in [3.63, 3.8) is 0 Å². The number of para-hydroxylation sites is 1. The number of anilines is 1. The van der Waals surface area contributed by atoms with E-state index in [4.69, 9.17) is 0 Å². The van der Waals surface area contributed by atoms with Gasteiger partial charge < -0.3 is 9.80 Å². The van der Waals surface area contributed by atoms with Gasteiger partial charge in [0.15, 0.2) is 5.16 Å². The Bertz CT molecular complexity index is 1150. The zero-order valence-corrected chi connectivity index (χ0v) is 19.1. The van der Waals surface area contributed by atoms with Crippen LogP contribution < -0.4 is 10.5 Å². The van der Waals surface area contributed by atoms with E-state index in [1.54, 1.807) is 22.8 Å². The van der Waals surface area contributed by atoms with Crippen LogP contribution >= 0.6 is 11.8 Å². The maximum atomic E-state index is 13.2. The van der Waals surface area contributed by atoms with Gasteiger partial charge in [0, 0.05) is 38.4 Å². The van der Waals surface area contributed by atoms with E-state index >= 15 is 0 Å². The van der Waals surface area contributed by atoms with Crippen LogP contribution in [0.3, 0.4) is 0 Å². The molecule has 0 saturated carbocycles. The smallest absolute Gasteiger partial charge is 0.262 e. The number of nitrogens with zero attached hydrogens (tertiary/aromatic N) is 4. The van der Waals surface area contributed by atoms with Crippen molar-refractivity contribution >= 4 is 34.3 Å². The van der Waals surface area contributed by atoms with Crippen LogP contribution in [0.5, 0.6) is 0 Å². The maximum Gasteiger partial charge on any atom is 0.262 e. The average molecular weight is 455 g/mol. The molecule has 4 rings (SSSR count). The Kier molecular flexibility index (Phi) is 6.79. The molecule has 0 spiro atoms. The normalized spacial score (nSPS) is 14.4. The second-order valence-electron chi connectivity index (χ2n) is 8.35. The topological polar surface area (TPSA) is 58.4 Å². The number of hydrogen-bond acceptors (Lipinski definition) is 5. The van der Waals surface area contributed by atoms with E-state index in [0.717, 1.165) is 5.69 Å². The van der Waals surface area contributed by atoms with Crippen molar-refractivity contribution in [2.75, 3.05) is 36.8 Å². The Morgan fingerprint density at radius 1 is 1.06 bits per heavy atom. The fraction of sp³-hybridized carbons (Fsp3) is 0.375. The van der Waals surface area contributed by atoms with Crippen molar-refractivity contribution in [1.29, 1.82) is 0 Å². The summed E-state index contributed by atoms with van der Waals surface area (Å²) in [5.41, 5.74) is 1.55. The minimum Gasteiger partial charge on any atom is -0.368 e. The van der Waals surface area contributed by atoms with Gasteiger partial charge in [-0.15, -0.1) is 0 Å². The van der Waals surface area contributed by atoms with E-state index in [1.807, 2.05) is 23.1 Å². The summed E-state index contributed by atoms with van der Waals surface area (Å²) >= 11 is 1.32. The monoisotopic (exact) mass is 454 g/mol. The lowest BCUT2D eigenvalue weighted by Gasteiger charge is -2.36. The second kappa shape index (κ2) is 9.73. The largest absolute Gasteiger partial charge is 0.368 e. The molecule has 1 aromatic heterocycles. The van der Waals surface area contributed by atoms with Gasteiger partial charge in [0.05, 0.1) is 16.7 Å².